The highest BCUT2D eigenvalue weighted by Gasteiger charge is 1.72. The largest absolute Gasteiger partial charge is 0.346 e. The van der Waals surface area contributed by atoms with E-state index in [0.717, 1.165) is 0 Å². The van der Waals surface area contributed by atoms with Crippen molar-refractivity contribution in [1.82, 2.24) is 30.6 Å². The van der Waals surface area contributed by atoms with Crippen molar-refractivity contribution in [3.8, 4) is 0 Å². The predicted molar refractivity (Wildman–Crippen MR) is 33.1 cm³/mol. The van der Waals surface area contributed by atoms with Gasteiger partial charge in [0.2, 0.25) is 0 Å². The first-order chi connectivity index (χ1) is 5.39. The fourth-order valence-corrected chi connectivity index (χ4v) is 0.343. The van der Waals surface area contributed by atoms with Crippen LogP contribution in [0.1, 0.15) is 0 Å². The Kier molecular flexibility index (Phi) is 2.72. The van der Waals surface area contributed by atoms with Crippen LogP contribution in [0.4, 0.5) is 0 Å². The van der Waals surface area contributed by atoms with E-state index >= 15 is 0 Å². The molecule has 7 nitrogen and oxygen atoms in total. The molecule has 0 saturated carbocycles. The lowest BCUT2D eigenvalue weighted by atomic mass is 11.0. The topological polar surface area (TPSA) is 82.5 Å². The van der Waals surface area contributed by atoms with Gasteiger partial charge in [0, 0.05) is 12.3 Å². The van der Waals surface area contributed by atoms with Crippen molar-refractivity contribution in [2.75, 3.05) is 0 Å². The minimum atomic E-state index is 1.40. The molecule has 0 fully saturated rings. The summed E-state index contributed by atoms with van der Waals surface area (Å²) < 4.78 is 5.75. The number of nitrogens with zero attached hydrogens (tertiary/aromatic N) is 6. The molecule has 58 valence electrons. The third kappa shape index (κ3) is 3.04. The van der Waals surface area contributed by atoms with Gasteiger partial charge in [0.05, 0.1) is 6.20 Å². The van der Waals surface area contributed by atoms with Gasteiger partial charge in [-0.15, -0.1) is 10.2 Å². The van der Waals surface area contributed by atoms with Gasteiger partial charge in [-0.3, -0.25) is 0 Å². The summed E-state index contributed by atoms with van der Waals surface area (Å²) >= 11 is 0. The molecule has 0 saturated heterocycles. The van der Waals surface area contributed by atoms with Crippen LogP contribution in [0.15, 0.2) is 23.3 Å². The molecule has 0 radical (unpaired) electrons. The smallest absolute Gasteiger partial charge is 0.144 e. The third-order valence-corrected chi connectivity index (χ3v) is 0.734. The highest BCUT2D eigenvalue weighted by atomic mass is 16.5. The zero-order valence-electron chi connectivity index (χ0n) is 5.82. The van der Waals surface area contributed by atoms with Crippen molar-refractivity contribution < 1.29 is 4.52 Å². The molecule has 2 rings (SSSR count). The zero-order chi connectivity index (χ0) is 7.94. The first kappa shape index (κ1) is 7.32. The Morgan fingerprint density at radius 1 is 1.36 bits per heavy atom. The first-order valence-corrected chi connectivity index (χ1v) is 2.77. The summed E-state index contributed by atoms with van der Waals surface area (Å²) in [6.07, 6.45) is 4.40. The number of hydrogen-bond acceptors (Lipinski definition) is 6. The fraction of sp³-hybridized carbons (Fsp3) is 0.250. The molecule has 0 aliphatic rings. The summed E-state index contributed by atoms with van der Waals surface area (Å²) in [6.45, 7) is 0. The van der Waals surface area contributed by atoms with E-state index in [9.17, 15) is 0 Å². The summed E-state index contributed by atoms with van der Waals surface area (Å²) in [5.41, 5.74) is 0. The number of aromatic nitrogens is 6. The second-order valence-corrected chi connectivity index (χ2v) is 1.57. The molecular weight excluding hydrogens is 148 g/mol. The Labute approximate surface area is 62.0 Å². The van der Waals surface area contributed by atoms with Gasteiger partial charge in [0.1, 0.15) is 12.6 Å². The Morgan fingerprint density at radius 3 is 2.45 bits per heavy atom. The molecule has 0 aromatic carbocycles. The van der Waals surface area contributed by atoms with Crippen LogP contribution in [0.5, 0.6) is 0 Å². The lowest BCUT2D eigenvalue weighted by Crippen LogP contribution is -1.85. The van der Waals surface area contributed by atoms with Gasteiger partial charge in [-0.1, -0.05) is 0 Å². The molecule has 0 spiro atoms. The maximum Gasteiger partial charge on any atom is 0.144 e. The van der Waals surface area contributed by atoms with Gasteiger partial charge in [-0.2, -0.15) is 0 Å². The molecule has 7 heteroatoms. The van der Waals surface area contributed by atoms with E-state index in [4.69, 9.17) is 0 Å². The summed E-state index contributed by atoms with van der Waals surface area (Å²) in [7, 11) is 1.76. The molecule has 0 aliphatic carbocycles. The van der Waals surface area contributed by atoms with Crippen molar-refractivity contribution >= 4 is 0 Å². The van der Waals surface area contributed by atoms with Crippen molar-refractivity contribution in [3.05, 3.63) is 18.8 Å². The Hall–Kier alpha value is -1.79. The van der Waals surface area contributed by atoms with Crippen LogP contribution in [0, 0.1) is 0 Å². The molecule has 0 unspecified atom stereocenters. The van der Waals surface area contributed by atoms with Crippen molar-refractivity contribution in [2.24, 2.45) is 7.05 Å². The van der Waals surface area contributed by atoms with Crippen LogP contribution < -0.4 is 0 Å². The van der Waals surface area contributed by atoms with E-state index < -0.39 is 0 Å². The van der Waals surface area contributed by atoms with E-state index in [1.165, 1.54) is 23.5 Å². The van der Waals surface area contributed by atoms with Crippen LogP contribution in [-0.2, 0) is 7.05 Å². The summed E-state index contributed by atoms with van der Waals surface area (Å²) in [5.74, 6) is 0. The Bertz CT molecular complexity index is 233. The molecule has 2 aromatic heterocycles. The Morgan fingerprint density at radius 2 is 2.27 bits per heavy atom. The number of aryl methyl sites for hydroxylation is 1. The number of hydrogen-bond donors (Lipinski definition) is 0. The lowest BCUT2D eigenvalue weighted by Gasteiger charge is -1.71. The van der Waals surface area contributed by atoms with Crippen LogP contribution in [-0.4, -0.2) is 30.6 Å². The minimum Gasteiger partial charge on any atom is -0.346 e. The zero-order valence-corrected chi connectivity index (χ0v) is 5.82. The van der Waals surface area contributed by atoms with Gasteiger partial charge < -0.3 is 4.52 Å². The van der Waals surface area contributed by atoms with Crippen molar-refractivity contribution in [2.45, 2.75) is 0 Å². The van der Waals surface area contributed by atoms with Crippen LogP contribution in [0.2, 0.25) is 0 Å². The average molecular weight is 154 g/mol. The maximum atomic E-state index is 4.22. The standard InChI is InChI=1S/C2H4N4.C2H2N2O/c1-6-2-3-4-5-6;1-2-5-4-3-1/h2H,1H3;1-2H. The van der Waals surface area contributed by atoms with Crippen molar-refractivity contribution in [1.29, 1.82) is 0 Å². The first-order valence-electron chi connectivity index (χ1n) is 2.77. The molecule has 2 heterocycles. The molecule has 0 bridgehead atoms. The average Bonchev–Trinajstić information content (AvgIpc) is 2.57. The SMILES string of the molecule is Cn1cnnn1.c1conn1. The van der Waals surface area contributed by atoms with Crippen LogP contribution in [0.3, 0.4) is 0 Å². The quantitative estimate of drug-likeness (QED) is 0.498. The number of tetrazole rings is 1. The molecule has 0 atom stereocenters. The van der Waals surface area contributed by atoms with E-state index in [-0.39, 0.29) is 0 Å². The maximum absolute atomic E-state index is 4.22. The van der Waals surface area contributed by atoms with Gasteiger partial charge in [0.25, 0.3) is 0 Å². The van der Waals surface area contributed by atoms with Gasteiger partial charge >= 0.3 is 0 Å². The number of rotatable bonds is 0. The van der Waals surface area contributed by atoms with Gasteiger partial charge in [-0.25, -0.2) is 4.68 Å². The highest BCUT2D eigenvalue weighted by molar-refractivity contribution is 4.48. The summed E-state index contributed by atoms with van der Waals surface area (Å²) in [4.78, 5) is 0. The minimum absolute atomic E-state index is 1.40. The molecule has 11 heavy (non-hydrogen) atoms. The molecule has 0 N–H and O–H groups in total. The lowest BCUT2D eigenvalue weighted by molar-refractivity contribution is 0.393. The second kappa shape index (κ2) is 4.09. The predicted octanol–water partition coefficient (Wildman–Crippen LogP) is -0.720. The molecule has 2 aromatic rings. The van der Waals surface area contributed by atoms with Crippen LogP contribution in [0.25, 0.3) is 0 Å². The second-order valence-electron chi connectivity index (χ2n) is 1.57. The third-order valence-electron chi connectivity index (χ3n) is 0.734. The van der Waals surface area contributed by atoms with E-state index in [0.29, 0.717) is 0 Å². The normalized spacial score (nSPS) is 8.45. The Balaban J connectivity index is 0.000000112. The van der Waals surface area contributed by atoms with E-state index in [1.54, 1.807) is 7.05 Å². The highest BCUT2D eigenvalue weighted by Crippen LogP contribution is 1.64. The fourth-order valence-electron chi connectivity index (χ4n) is 0.343. The van der Waals surface area contributed by atoms with Crippen molar-refractivity contribution in [3.63, 3.8) is 0 Å². The van der Waals surface area contributed by atoms with E-state index in [1.807, 2.05) is 0 Å². The molecule has 0 aliphatic heterocycles. The summed E-state index contributed by atoms with van der Waals surface area (Å²) in [5, 5.41) is 16.6. The molecule has 0 amide bonds. The van der Waals surface area contributed by atoms with E-state index in [2.05, 4.69) is 30.4 Å². The molecular formula is C4H6N6O. The van der Waals surface area contributed by atoms with Gasteiger partial charge in [0.15, 0.2) is 0 Å². The monoisotopic (exact) mass is 154 g/mol. The van der Waals surface area contributed by atoms with Crippen LogP contribution >= 0.6 is 0 Å². The summed E-state index contributed by atoms with van der Waals surface area (Å²) in [6, 6.07) is 0. The van der Waals surface area contributed by atoms with Gasteiger partial charge in [-0.05, 0) is 10.4 Å².